The van der Waals surface area contributed by atoms with Crippen LogP contribution in [0.4, 0.5) is 0 Å². The lowest BCUT2D eigenvalue weighted by Gasteiger charge is -2.21. The van der Waals surface area contributed by atoms with Gasteiger partial charge in [-0.2, -0.15) is 0 Å². The third kappa shape index (κ3) is 56.0. The van der Waals surface area contributed by atoms with E-state index in [0.717, 1.165) is 25.7 Å². The molecular weight excluding hydrogens is 847 g/mol. The predicted molar refractivity (Wildman–Crippen MR) is 305 cm³/mol. The summed E-state index contributed by atoms with van der Waals surface area (Å²) in [5, 5.41) is 33.6. The number of unbranched alkanes of at least 4 members (excludes halogenated alkanes) is 48. The van der Waals surface area contributed by atoms with Crippen LogP contribution in [0.1, 0.15) is 354 Å². The van der Waals surface area contributed by atoms with Crippen molar-refractivity contribution < 1.29 is 20.1 Å². The molecule has 0 heterocycles. The minimum absolute atomic E-state index is 0.0172. The van der Waals surface area contributed by atoms with Crippen molar-refractivity contribution in [3.63, 3.8) is 0 Å². The summed E-state index contributed by atoms with van der Waals surface area (Å²) in [5.41, 5.74) is 0. The zero-order chi connectivity index (χ0) is 50.0. The number of aliphatic hydroxyl groups excluding tert-OH is 3. The molecule has 0 saturated carbocycles. The normalized spacial score (nSPS) is 13.3. The molecule has 0 aromatic carbocycles. The quantitative estimate of drug-likeness (QED) is 0.0361. The number of carbonyl (C=O) groups is 1. The maximum absolute atomic E-state index is 12.6. The van der Waals surface area contributed by atoms with Gasteiger partial charge in [0.2, 0.25) is 5.91 Å². The number of hydrogen-bond donors (Lipinski definition) is 4. The molecule has 0 rings (SSSR count). The molecule has 0 aliphatic heterocycles. The fourth-order valence-electron chi connectivity index (χ4n) is 10.2. The summed E-state index contributed by atoms with van der Waals surface area (Å²) in [7, 11) is 0. The molecule has 0 aromatic rings. The first-order chi connectivity index (χ1) is 34.0. The highest BCUT2D eigenvalue weighted by molar-refractivity contribution is 5.76. The van der Waals surface area contributed by atoms with Crippen LogP contribution in [0.15, 0.2) is 24.3 Å². The number of rotatable bonds is 59. The Morgan fingerprint density at radius 3 is 0.884 bits per heavy atom. The maximum Gasteiger partial charge on any atom is 0.222 e. The van der Waals surface area contributed by atoms with Crippen LogP contribution in [0.3, 0.4) is 0 Å². The molecule has 0 aliphatic rings. The first kappa shape index (κ1) is 67.8. The Hall–Kier alpha value is -1.17. The fourth-order valence-corrected chi connectivity index (χ4v) is 10.2. The zero-order valence-electron chi connectivity index (χ0n) is 47.0. The Kier molecular flexibility index (Phi) is 58.4. The molecule has 4 N–H and O–H groups in total. The first-order valence-corrected chi connectivity index (χ1v) is 31.6. The standard InChI is InChI=1S/C64H125NO4/c1-3-5-7-9-11-13-15-17-19-21-23-25-27-29-30-31-32-33-34-35-37-39-41-43-45-47-49-51-53-55-57-61(67)59-64(69)65-62(60-66)63(68)58-56-54-52-50-48-46-44-42-40-38-36-28-26-24-22-20-18-16-14-12-10-8-6-4-2/h29-30,56,58,61-63,66-68H,3-28,31-55,57,59-60H2,1-2H3,(H,65,69)/b30-29-,58-56+. The van der Waals surface area contributed by atoms with E-state index in [1.807, 2.05) is 6.08 Å². The van der Waals surface area contributed by atoms with Gasteiger partial charge in [-0.25, -0.2) is 0 Å². The minimum Gasteiger partial charge on any atom is -0.394 e. The van der Waals surface area contributed by atoms with Crippen molar-refractivity contribution >= 4 is 5.91 Å². The van der Waals surface area contributed by atoms with Gasteiger partial charge in [-0.3, -0.25) is 4.79 Å². The number of carbonyl (C=O) groups excluding carboxylic acids is 1. The van der Waals surface area contributed by atoms with Crippen LogP contribution in [-0.4, -0.2) is 46.1 Å². The Bertz CT molecular complexity index is 1030. The fraction of sp³-hybridized carbons (Fsp3) is 0.922. The van der Waals surface area contributed by atoms with E-state index in [1.54, 1.807) is 6.08 Å². The van der Waals surface area contributed by atoms with Gasteiger partial charge in [0.1, 0.15) is 0 Å². The van der Waals surface area contributed by atoms with Gasteiger partial charge in [0.15, 0.2) is 0 Å². The maximum atomic E-state index is 12.6. The SMILES string of the molecule is CCCCCCCCCCCCCC/C=C\CCCCCCCCCCCCCCCCC(O)CC(=O)NC(CO)C(O)/C=C/CCCCCCCCCCCCCCCCCCCCCCCC. The smallest absolute Gasteiger partial charge is 0.222 e. The van der Waals surface area contributed by atoms with Crippen LogP contribution in [0.5, 0.6) is 0 Å². The molecule has 0 saturated heterocycles. The molecule has 1 amide bonds. The van der Waals surface area contributed by atoms with Crippen molar-refractivity contribution in [2.45, 2.75) is 372 Å². The Balaban J connectivity index is 3.51. The Morgan fingerprint density at radius 1 is 0.362 bits per heavy atom. The lowest BCUT2D eigenvalue weighted by Crippen LogP contribution is -2.45. The summed E-state index contributed by atoms with van der Waals surface area (Å²) in [6, 6.07) is -0.744. The molecule has 69 heavy (non-hydrogen) atoms. The third-order valence-corrected chi connectivity index (χ3v) is 15.0. The van der Waals surface area contributed by atoms with Crippen LogP contribution in [0.2, 0.25) is 0 Å². The topological polar surface area (TPSA) is 89.8 Å². The van der Waals surface area contributed by atoms with Gasteiger partial charge >= 0.3 is 0 Å². The summed E-state index contributed by atoms with van der Waals surface area (Å²) in [4.78, 5) is 12.6. The van der Waals surface area contributed by atoms with E-state index >= 15 is 0 Å². The second kappa shape index (κ2) is 59.4. The summed E-state index contributed by atoms with van der Waals surface area (Å²) in [6.07, 6.45) is 76.8. The molecule has 0 aliphatic carbocycles. The molecule has 5 nitrogen and oxygen atoms in total. The average Bonchev–Trinajstić information content (AvgIpc) is 3.35. The van der Waals surface area contributed by atoms with Crippen LogP contribution in [0, 0.1) is 0 Å². The van der Waals surface area contributed by atoms with Crippen molar-refractivity contribution in [1.29, 1.82) is 0 Å². The number of allylic oxidation sites excluding steroid dienone is 3. The summed E-state index contributed by atoms with van der Waals surface area (Å²) >= 11 is 0. The monoisotopic (exact) mass is 972 g/mol. The second-order valence-electron chi connectivity index (χ2n) is 22.0. The average molecular weight is 973 g/mol. The van der Waals surface area contributed by atoms with Gasteiger partial charge in [0.25, 0.3) is 0 Å². The van der Waals surface area contributed by atoms with Gasteiger partial charge in [-0.05, 0) is 44.9 Å². The molecule has 0 spiro atoms. The van der Waals surface area contributed by atoms with Gasteiger partial charge in [0, 0.05) is 0 Å². The molecule has 3 unspecified atom stereocenters. The molecular formula is C64H125NO4. The van der Waals surface area contributed by atoms with E-state index in [0.29, 0.717) is 6.42 Å². The molecule has 0 bridgehead atoms. The van der Waals surface area contributed by atoms with E-state index in [4.69, 9.17) is 0 Å². The van der Waals surface area contributed by atoms with Crippen molar-refractivity contribution in [3.8, 4) is 0 Å². The van der Waals surface area contributed by atoms with Crippen molar-refractivity contribution in [1.82, 2.24) is 5.32 Å². The number of hydrogen-bond acceptors (Lipinski definition) is 4. The van der Waals surface area contributed by atoms with E-state index in [1.165, 1.54) is 302 Å². The molecule has 410 valence electrons. The van der Waals surface area contributed by atoms with E-state index in [9.17, 15) is 20.1 Å². The number of amides is 1. The van der Waals surface area contributed by atoms with E-state index in [-0.39, 0.29) is 18.9 Å². The largest absolute Gasteiger partial charge is 0.394 e. The lowest BCUT2D eigenvalue weighted by molar-refractivity contribution is -0.124. The van der Waals surface area contributed by atoms with Crippen LogP contribution >= 0.6 is 0 Å². The highest BCUT2D eigenvalue weighted by atomic mass is 16.3. The third-order valence-electron chi connectivity index (χ3n) is 15.0. The molecule has 0 radical (unpaired) electrons. The predicted octanol–water partition coefficient (Wildman–Crippen LogP) is 20.0. The van der Waals surface area contributed by atoms with Gasteiger partial charge in [0.05, 0.1) is 31.3 Å². The van der Waals surface area contributed by atoms with E-state index < -0.39 is 18.2 Å². The van der Waals surface area contributed by atoms with Gasteiger partial charge < -0.3 is 20.6 Å². The lowest BCUT2D eigenvalue weighted by atomic mass is 10.0. The second-order valence-corrected chi connectivity index (χ2v) is 22.0. The Labute approximate surface area is 432 Å². The summed E-state index contributed by atoms with van der Waals surface area (Å²) in [6.45, 7) is 4.26. The highest BCUT2D eigenvalue weighted by Crippen LogP contribution is 2.18. The number of nitrogens with one attached hydrogen (secondary N) is 1. The minimum atomic E-state index is -0.929. The molecule has 5 heteroatoms. The summed E-state index contributed by atoms with van der Waals surface area (Å²) < 4.78 is 0. The zero-order valence-corrected chi connectivity index (χ0v) is 47.0. The molecule has 3 atom stereocenters. The van der Waals surface area contributed by atoms with E-state index in [2.05, 4.69) is 31.3 Å². The Morgan fingerprint density at radius 2 is 0.609 bits per heavy atom. The highest BCUT2D eigenvalue weighted by Gasteiger charge is 2.20. The molecule has 0 fully saturated rings. The van der Waals surface area contributed by atoms with Crippen LogP contribution in [0.25, 0.3) is 0 Å². The van der Waals surface area contributed by atoms with Crippen molar-refractivity contribution in [2.24, 2.45) is 0 Å². The van der Waals surface area contributed by atoms with Gasteiger partial charge in [-0.1, -0.05) is 327 Å². The van der Waals surface area contributed by atoms with Crippen molar-refractivity contribution in [3.05, 3.63) is 24.3 Å². The molecule has 0 aromatic heterocycles. The first-order valence-electron chi connectivity index (χ1n) is 31.6. The van der Waals surface area contributed by atoms with Crippen LogP contribution in [-0.2, 0) is 4.79 Å². The number of aliphatic hydroxyl groups is 3. The summed E-state index contributed by atoms with van der Waals surface area (Å²) in [5.74, 6) is -0.309. The van der Waals surface area contributed by atoms with Gasteiger partial charge in [-0.15, -0.1) is 0 Å². The van der Waals surface area contributed by atoms with Crippen LogP contribution < -0.4 is 5.32 Å². The van der Waals surface area contributed by atoms with Crippen molar-refractivity contribution in [2.75, 3.05) is 6.61 Å².